The predicted molar refractivity (Wildman–Crippen MR) is 372 cm³/mol. The van der Waals surface area contributed by atoms with Crippen molar-refractivity contribution in [1.29, 1.82) is 0 Å². The first-order valence-electron chi connectivity index (χ1n) is 34.4. The minimum atomic E-state index is -1.73. The molecule has 0 saturated carbocycles. The summed E-state index contributed by atoms with van der Waals surface area (Å²) in [6, 6.07) is -5.16. The minimum Gasteiger partial charge on any atom is -0.445 e. The lowest BCUT2D eigenvalue weighted by Crippen LogP contribution is -2.63. The quantitative estimate of drug-likeness (QED) is 0.104. The van der Waals surface area contributed by atoms with Gasteiger partial charge in [0.15, 0.2) is 0 Å². The number of aliphatic hydroxyl groups is 1. The van der Waals surface area contributed by atoms with Gasteiger partial charge in [0.1, 0.15) is 67.0 Å². The van der Waals surface area contributed by atoms with E-state index in [1.54, 1.807) is 53.7 Å². The van der Waals surface area contributed by atoms with Gasteiger partial charge in [-0.2, -0.15) is 0 Å². The normalized spacial score (nSPS) is 24.9. The summed E-state index contributed by atoms with van der Waals surface area (Å²) in [7, 11) is 9.78. The molecule has 1 aromatic carbocycles. The molecule has 0 aromatic heterocycles. The zero-order valence-corrected chi connectivity index (χ0v) is 62.6. The molecule has 0 spiro atoms. The molecule has 12 atom stereocenters. The van der Waals surface area contributed by atoms with Crippen LogP contribution in [0.2, 0.25) is 0 Å². The van der Waals surface area contributed by atoms with E-state index in [9.17, 15) is 43.5 Å². The summed E-state index contributed by atoms with van der Waals surface area (Å²) in [5.41, 5.74) is 1.95. The molecule has 548 valence electrons. The van der Waals surface area contributed by atoms with Gasteiger partial charge in [-0.3, -0.25) is 52.7 Å². The predicted octanol–water partition coefficient (Wildman–Crippen LogP) is 4.48. The van der Waals surface area contributed by atoms with Gasteiger partial charge in [-0.05, 0) is 106 Å². The number of hydrogen-bond donors (Lipinski definition) is 6. The number of aliphatic hydroxyl groups excluding tert-OH is 1. The Labute approximate surface area is 577 Å². The number of carbonyl (C=O) groups is 12. The SMILES string of the molecule is CC[C@@H]1NC(=O)C([C@H](O)[C@H](C)C/C=C/COC(=O)NCc2ccc(C)cc2)N(C)C(=O)[C@H](C(C)C)N(C)C(=O)[C@@H](CC(C)C)N(C)C(=O)[C@@H](CC(C)C)N(C)C(=O)[C@@H](C)NC(=O)[C@H](C)NC(=O)[C@H](CC(C)C)N(C)C(=O)[C@H](C(C)C)NC(=O)C(CC(C)C)N(C)C(=O)CN(C)C1=O. The zero-order chi connectivity index (χ0) is 74.4. The molecule has 0 bridgehead atoms. The Kier molecular flexibility index (Phi) is 35.0. The van der Waals surface area contributed by atoms with Crippen LogP contribution in [0.3, 0.4) is 0 Å². The Morgan fingerprint density at radius 2 is 0.979 bits per heavy atom. The topological polar surface area (TPSA) is 317 Å². The summed E-state index contributed by atoms with van der Waals surface area (Å²) in [6.45, 7) is 29.3. The molecule has 1 aromatic rings. The summed E-state index contributed by atoms with van der Waals surface area (Å²) in [4.78, 5) is 183. The number of hydrogen-bond acceptors (Lipinski definition) is 14. The highest BCUT2D eigenvalue weighted by Gasteiger charge is 2.46. The Bertz CT molecular complexity index is 2860. The fourth-order valence-corrected chi connectivity index (χ4v) is 11.8. The Morgan fingerprint density at radius 1 is 0.526 bits per heavy atom. The van der Waals surface area contributed by atoms with Crippen molar-refractivity contribution in [1.82, 2.24) is 60.9 Å². The average Bonchev–Trinajstić information content (AvgIpc) is 0.896. The van der Waals surface area contributed by atoms with Crippen LogP contribution in [-0.2, 0) is 64.0 Å². The van der Waals surface area contributed by atoms with Crippen molar-refractivity contribution in [3.63, 3.8) is 0 Å². The first kappa shape index (κ1) is 85.4. The maximum Gasteiger partial charge on any atom is 0.407 e. The number of ether oxygens (including phenoxy) is 1. The molecule has 26 heteroatoms. The van der Waals surface area contributed by atoms with Gasteiger partial charge >= 0.3 is 6.09 Å². The maximum atomic E-state index is 15.4. The molecule has 1 saturated heterocycles. The molecule has 1 aliphatic heterocycles. The number of likely N-dealkylation sites (N-methyl/N-ethyl adjacent to an activating group) is 7. The third kappa shape index (κ3) is 25.3. The lowest BCUT2D eigenvalue weighted by atomic mass is 9.91. The lowest BCUT2D eigenvalue weighted by Gasteiger charge is -2.41. The van der Waals surface area contributed by atoms with E-state index in [2.05, 4.69) is 26.6 Å². The second-order valence-corrected chi connectivity index (χ2v) is 28.9. The van der Waals surface area contributed by atoms with Gasteiger partial charge in [0.05, 0.1) is 12.6 Å². The van der Waals surface area contributed by atoms with Crippen LogP contribution >= 0.6 is 0 Å². The second-order valence-electron chi connectivity index (χ2n) is 28.9. The number of carbonyl (C=O) groups excluding carboxylic acids is 12. The zero-order valence-electron chi connectivity index (χ0n) is 62.6. The van der Waals surface area contributed by atoms with E-state index in [1.165, 1.54) is 87.7 Å². The van der Waals surface area contributed by atoms with Crippen LogP contribution < -0.4 is 26.6 Å². The third-order valence-corrected chi connectivity index (χ3v) is 17.9. The summed E-state index contributed by atoms with van der Waals surface area (Å²) in [6.07, 6.45) is 1.49. The molecule has 26 nitrogen and oxygen atoms in total. The first-order valence-corrected chi connectivity index (χ1v) is 34.4. The van der Waals surface area contributed by atoms with Gasteiger partial charge in [0.25, 0.3) is 0 Å². The number of aryl methyl sites for hydroxylation is 1. The number of rotatable bonds is 19. The average molecular weight is 1370 g/mol. The van der Waals surface area contributed by atoms with Crippen LogP contribution in [0.15, 0.2) is 36.4 Å². The van der Waals surface area contributed by atoms with Crippen LogP contribution in [0.25, 0.3) is 0 Å². The molecule has 2 rings (SSSR count). The van der Waals surface area contributed by atoms with Crippen molar-refractivity contribution in [2.75, 3.05) is 62.5 Å². The summed E-state index contributed by atoms with van der Waals surface area (Å²) >= 11 is 0. The van der Waals surface area contributed by atoms with Crippen molar-refractivity contribution in [2.45, 2.75) is 229 Å². The molecule has 1 heterocycles. The third-order valence-electron chi connectivity index (χ3n) is 17.9. The molecule has 0 radical (unpaired) electrons. The highest BCUT2D eigenvalue weighted by Crippen LogP contribution is 2.26. The Hall–Kier alpha value is -7.64. The van der Waals surface area contributed by atoms with E-state index in [4.69, 9.17) is 4.74 Å². The van der Waals surface area contributed by atoms with Crippen LogP contribution in [0.4, 0.5) is 4.79 Å². The molecule has 6 N–H and O–H groups in total. The van der Waals surface area contributed by atoms with Gasteiger partial charge in [0.2, 0.25) is 65.0 Å². The monoisotopic (exact) mass is 1360 g/mol. The summed E-state index contributed by atoms with van der Waals surface area (Å²) in [5, 5.41) is 26.1. The van der Waals surface area contributed by atoms with Crippen molar-refractivity contribution in [3.05, 3.63) is 47.5 Å². The fraction of sp³-hybridized carbons (Fsp3) is 0.718. The minimum absolute atomic E-state index is 0.0299. The van der Waals surface area contributed by atoms with E-state index in [0.717, 1.165) is 20.9 Å². The molecule has 2 unspecified atom stereocenters. The van der Waals surface area contributed by atoms with Gasteiger partial charge < -0.3 is 70.7 Å². The summed E-state index contributed by atoms with van der Waals surface area (Å²) < 4.78 is 5.34. The molecule has 12 amide bonds. The Balaban J connectivity index is 2.92. The fourth-order valence-electron chi connectivity index (χ4n) is 11.8. The highest BCUT2D eigenvalue weighted by molar-refractivity contribution is 5.99. The second kappa shape index (κ2) is 39.7. The number of allylic oxidation sites excluding steroid dienone is 1. The first-order chi connectivity index (χ1) is 45.0. The van der Waals surface area contributed by atoms with Crippen LogP contribution in [0.1, 0.15) is 160 Å². The summed E-state index contributed by atoms with van der Waals surface area (Å²) in [5.74, 6) is -10.4. The van der Waals surface area contributed by atoms with Crippen molar-refractivity contribution >= 4 is 71.1 Å². The largest absolute Gasteiger partial charge is 0.445 e. The van der Waals surface area contributed by atoms with Gasteiger partial charge in [-0.25, -0.2) is 4.79 Å². The van der Waals surface area contributed by atoms with Gasteiger partial charge in [0, 0.05) is 55.9 Å². The maximum absolute atomic E-state index is 15.4. The van der Waals surface area contributed by atoms with E-state index in [-0.39, 0.29) is 75.3 Å². The number of nitrogens with zero attached hydrogens (tertiary/aromatic N) is 7. The molecular weight excluding hydrogens is 1240 g/mol. The van der Waals surface area contributed by atoms with Crippen LogP contribution in [-0.4, -0.2) is 239 Å². The molecule has 0 aliphatic carbocycles. The van der Waals surface area contributed by atoms with E-state index < -0.39 is 162 Å². The van der Waals surface area contributed by atoms with Crippen molar-refractivity contribution in [2.24, 2.45) is 41.4 Å². The number of amides is 12. The molecule has 1 aliphatic rings. The van der Waals surface area contributed by atoms with Crippen molar-refractivity contribution in [3.8, 4) is 0 Å². The molecule has 1 fully saturated rings. The number of alkyl carbamates (subject to hydrolysis) is 1. The highest BCUT2D eigenvalue weighted by atomic mass is 16.5. The van der Waals surface area contributed by atoms with Crippen LogP contribution in [0.5, 0.6) is 0 Å². The van der Waals surface area contributed by atoms with E-state index in [1.807, 2.05) is 86.6 Å². The lowest BCUT2D eigenvalue weighted by molar-refractivity contribution is -0.157. The van der Waals surface area contributed by atoms with Crippen molar-refractivity contribution < 1.29 is 67.4 Å². The van der Waals surface area contributed by atoms with E-state index in [0.29, 0.717) is 0 Å². The van der Waals surface area contributed by atoms with Crippen LogP contribution in [0, 0.1) is 48.3 Å². The van der Waals surface area contributed by atoms with Gasteiger partial charge in [-0.15, -0.1) is 0 Å². The van der Waals surface area contributed by atoms with Gasteiger partial charge in [-0.1, -0.05) is 139 Å². The molecule has 97 heavy (non-hydrogen) atoms. The smallest absolute Gasteiger partial charge is 0.407 e. The number of benzene rings is 1. The Morgan fingerprint density at radius 3 is 1.47 bits per heavy atom. The molecular formula is C71H120N12O14. The standard InChI is InChI=1S/C71H120N12O14/c1-25-51-66(91)77(18)39-56(84)78(19)52(34-40(2)3)63(88)76-57(44(10)11)69(94)79(20)53(35-41(4)5)62(87)73-48(16)61(86)74-49(17)65(90)80(21)54(36-42(6)7)67(92)81(22)55(37-43(8)9)68(93)82(23)58(45(12)13)70(95)83(24)59(64(89)75-51)60(85)47(15)28-26-27-33-97-71(96)72-38-50-31-29-46(14)30-32-50/h26-27,29-32,40-45,47-49,51-55,57-60,85H,25,28,33-39H2,1-24H3,(H,72,96)(H,73,87)(H,74,86)(H,75,89)(H,76,88)/b27-26+/t47-,48+,49-,51+,52?,53+,54-,55-,57+,58+,59?,60-/m1/s1. The van der Waals surface area contributed by atoms with E-state index >= 15 is 19.2 Å². The number of nitrogens with one attached hydrogen (secondary N) is 5.